The Morgan fingerprint density at radius 3 is 2.11 bits per heavy atom. The van der Waals surface area contributed by atoms with Gasteiger partial charge in [-0.15, -0.1) is 0 Å². The van der Waals surface area contributed by atoms with Gasteiger partial charge >= 0.3 is 13.6 Å². The highest BCUT2D eigenvalue weighted by atomic mass is 31.2. The third kappa shape index (κ3) is 6.15. The van der Waals surface area contributed by atoms with Crippen LogP contribution in [0.5, 0.6) is 0 Å². The highest BCUT2D eigenvalue weighted by molar-refractivity contribution is 7.57. The maximum atomic E-state index is 12.2. The lowest BCUT2D eigenvalue weighted by Crippen LogP contribution is -2.04. The van der Waals surface area contributed by atoms with Crippen LogP contribution in [-0.4, -0.2) is 26.3 Å². The molecule has 0 radical (unpaired) electrons. The molecule has 0 atom stereocenters. The third-order valence-electron chi connectivity index (χ3n) is 1.87. The summed E-state index contributed by atoms with van der Waals surface area (Å²) in [5.74, 6) is 0.636. The molecule has 0 spiro atoms. The monoisotopic (exact) mass is 276 g/mol. The maximum absolute atomic E-state index is 12.2. The Kier molecular flexibility index (Phi) is 8.63. The van der Waals surface area contributed by atoms with Crippen LogP contribution in [0.4, 0.5) is 0 Å². The maximum Gasteiger partial charge on any atom is 0.355 e. The minimum atomic E-state index is -3.40. The highest BCUT2D eigenvalue weighted by Crippen LogP contribution is 2.50. The van der Waals surface area contributed by atoms with Gasteiger partial charge in [0.15, 0.2) is 0 Å². The number of ether oxygens (including phenoxy) is 1. The molecule has 0 fully saturated rings. The van der Waals surface area contributed by atoms with Gasteiger partial charge in [0, 0.05) is 5.82 Å². The molecule has 6 heteroatoms. The van der Waals surface area contributed by atoms with E-state index in [4.69, 9.17) is 9.05 Å². The fourth-order valence-corrected chi connectivity index (χ4v) is 2.64. The lowest BCUT2D eigenvalue weighted by atomic mass is 10.2. The summed E-state index contributed by atoms with van der Waals surface area (Å²) in [6.07, 6.45) is 4.07. The van der Waals surface area contributed by atoms with E-state index in [-0.39, 0.29) is 18.8 Å². The summed E-state index contributed by atoms with van der Waals surface area (Å²) < 4.78 is 27.0. The topological polar surface area (TPSA) is 61.8 Å². The minimum absolute atomic E-state index is 0.171. The number of carbonyl (C=O) groups is 1. The molecular formula is C12H21O5P. The SMILES string of the molecule is CC/C=C/C(=CP(=O)(OCC)OCC)C(=O)OC. The van der Waals surface area contributed by atoms with E-state index in [0.29, 0.717) is 0 Å². The first kappa shape index (κ1) is 17.1. The summed E-state index contributed by atoms with van der Waals surface area (Å²) >= 11 is 0. The van der Waals surface area contributed by atoms with Gasteiger partial charge in [0.2, 0.25) is 0 Å². The van der Waals surface area contributed by atoms with Crippen LogP contribution in [0.3, 0.4) is 0 Å². The summed E-state index contributed by atoms with van der Waals surface area (Å²) in [7, 11) is -2.13. The number of hydrogen-bond donors (Lipinski definition) is 0. The zero-order valence-corrected chi connectivity index (χ0v) is 12.2. The Morgan fingerprint density at radius 1 is 1.17 bits per heavy atom. The van der Waals surface area contributed by atoms with Gasteiger partial charge in [-0.05, 0) is 20.3 Å². The van der Waals surface area contributed by atoms with Gasteiger partial charge in [-0.3, -0.25) is 4.57 Å². The van der Waals surface area contributed by atoms with E-state index in [9.17, 15) is 9.36 Å². The second kappa shape index (κ2) is 9.09. The largest absolute Gasteiger partial charge is 0.465 e. The molecule has 0 aliphatic rings. The fraction of sp³-hybridized carbons (Fsp3) is 0.583. The summed E-state index contributed by atoms with van der Waals surface area (Å²) in [5.41, 5.74) is 0.171. The first-order valence-electron chi connectivity index (χ1n) is 5.89. The van der Waals surface area contributed by atoms with Crippen molar-refractivity contribution in [2.75, 3.05) is 20.3 Å². The molecule has 18 heavy (non-hydrogen) atoms. The molecule has 0 saturated heterocycles. The van der Waals surface area contributed by atoms with E-state index in [1.807, 2.05) is 6.92 Å². The molecule has 5 nitrogen and oxygen atoms in total. The first-order valence-corrected chi connectivity index (χ1v) is 7.50. The predicted octanol–water partition coefficient (Wildman–Crippen LogP) is 3.28. The molecule has 0 amide bonds. The molecule has 0 unspecified atom stereocenters. The first-order chi connectivity index (χ1) is 8.52. The lowest BCUT2D eigenvalue weighted by molar-refractivity contribution is -0.135. The van der Waals surface area contributed by atoms with Gasteiger partial charge in [0.1, 0.15) is 0 Å². The van der Waals surface area contributed by atoms with Crippen molar-refractivity contribution in [1.29, 1.82) is 0 Å². The second-order valence-electron chi connectivity index (χ2n) is 3.26. The van der Waals surface area contributed by atoms with E-state index >= 15 is 0 Å². The van der Waals surface area contributed by atoms with Crippen molar-refractivity contribution in [2.24, 2.45) is 0 Å². The van der Waals surface area contributed by atoms with Crippen LogP contribution in [0.2, 0.25) is 0 Å². The zero-order chi connectivity index (χ0) is 14.0. The minimum Gasteiger partial charge on any atom is -0.465 e. The van der Waals surface area contributed by atoms with Crippen LogP contribution in [0.15, 0.2) is 23.5 Å². The lowest BCUT2D eigenvalue weighted by Gasteiger charge is -2.13. The van der Waals surface area contributed by atoms with Gasteiger partial charge < -0.3 is 13.8 Å². The van der Waals surface area contributed by atoms with Gasteiger partial charge in [-0.25, -0.2) is 4.79 Å². The average molecular weight is 276 g/mol. The molecular weight excluding hydrogens is 255 g/mol. The van der Waals surface area contributed by atoms with Crippen LogP contribution in [0.1, 0.15) is 27.2 Å². The Bertz CT molecular complexity index is 349. The summed E-state index contributed by atoms with van der Waals surface area (Å²) in [5, 5.41) is 0. The Hall–Kier alpha value is -0.900. The van der Waals surface area contributed by atoms with E-state index in [0.717, 1.165) is 6.42 Å². The third-order valence-corrected chi connectivity index (χ3v) is 3.70. The van der Waals surface area contributed by atoms with Crippen molar-refractivity contribution in [1.82, 2.24) is 0 Å². The molecule has 0 N–H and O–H groups in total. The van der Waals surface area contributed by atoms with Crippen LogP contribution in [0, 0.1) is 0 Å². The molecule has 104 valence electrons. The fourth-order valence-electron chi connectivity index (χ4n) is 1.17. The Morgan fingerprint density at radius 2 is 1.72 bits per heavy atom. The van der Waals surface area contributed by atoms with Crippen molar-refractivity contribution in [2.45, 2.75) is 27.2 Å². The van der Waals surface area contributed by atoms with Crippen molar-refractivity contribution in [3.05, 3.63) is 23.5 Å². The number of methoxy groups -OCH3 is 1. The highest BCUT2D eigenvalue weighted by Gasteiger charge is 2.23. The molecule has 0 rings (SSSR count). The summed E-state index contributed by atoms with van der Waals surface area (Å²) in [6, 6.07) is 0. The van der Waals surface area contributed by atoms with Crippen LogP contribution in [0.25, 0.3) is 0 Å². The normalized spacial score (nSPS) is 13.0. The zero-order valence-electron chi connectivity index (χ0n) is 11.3. The number of carbonyl (C=O) groups excluding carboxylic acids is 1. The molecule has 0 aromatic carbocycles. The Labute approximate surface area is 108 Å². The van der Waals surface area contributed by atoms with Crippen molar-refractivity contribution >= 4 is 13.6 Å². The number of hydrogen-bond acceptors (Lipinski definition) is 5. The Balaban J connectivity index is 5.26. The van der Waals surface area contributed by atoms with Crippen molar-refractivity contribution < 1.29 is 23.1 Å². The van der Waals surface area contributed by atoms with Crippen LogP contribution < -0.4 is 0 Å². The van der Waals surface area contributed by atoms with Gasteiger partial charge in [0.05, 0.1) is 25.9 Å². The number of esters is 1. The molecule has 0 bridgehead atoms. The van der Waals surface area contributed by atoms with Gasteiger partial charge in [0.25, 0.3) is 0 Å². The quantitative estimate of drug-likeness (QED) is 0.295. The van der Waals surface area contributed by atoms with Crippen molar-refractivity contribution in [3.63, 3.8) is 0 Å². The predicted molar refractivity (Wildman–Crippen MR) is 70.4 cm³/mol. The van der Waals surface area contributed by atoms with E-state index in [2.05, 4.69) is 4.74 Å². The van der Waals surface area contributed by atoms with Crippen LogP contribution >= 0.6 is 7.60 Å². The molecule has 0 aromatic rings. The molecule has 0 heterocycles. The average Bonchev–Trinajstić information content (AvgIpc) is 2.34. The number of allylic oxidation sites excluding steroid dienone is 1. The molecule has 0 aliphatic heterocycles. The molecule has 0 aromatic heterocycles. The summed E-state index contributed by atoms with van der Waals surface area (Å²) in [6.45, 7) is 5.81. The van der Waals surface area contributed by atoms with Gasteiger partial charge in [-0.1, -0.05) is 19.1 Å². The summed E-state index contributed by atoms with van der Waals surface area (Å²) in [4.78, 5) is 11.5. The van der Waals surface area contributed by atoms with Crippen LogP contribution in [-0.2, 0) is 23.1 Å². The molecule has 0 aliphatic carbocycles. The smallest absolute Gasteiger partial charge is 0.355 e. The van der Waals surface area contributed by atoms with E-state index in [1.54, 1.807) is 26.0 Å². The van der Waals surface area contributed by atoms with Gasteiger partial charge in [-0.2, -0.15) is 0 Å². The number of rotatable bonds is 8. The molecule has 0 saturated carbocycles. The second-order valence-corrected chi connectivity index (χ2v) is 5.12. The standard InChI is InChI=1S/C12H21O5P/c1-5-8-9-11(12(13)15-4)10-18(14,16-6-2)17-7-3/h8-10H,5-7H2,1-4H3/b9-8+,11-10?. The van der Waals surface area contributed by atoms with E-state index < -0.39 is 13.6 Å². The van der Waals surface area contributed by atoms with Crippen molar-refractivity contribution in [3.8, 4) is 0 Å². The van der Waals surface area contributed by atoms with E-state index in [1.165, 1.54) is 12.9 Å².